The standard InChI is InChI=1S/C14H21NO/c1-9-4-13(14(16)6-10(9)2)8-15-7-12-5-11(12)3/h4,6,11-12,15-16H,5,7-8H2,1-3H3. The molecule has 1 aliphatic rings. The third kappa shape index (κ3) is 2.56. The van der Waals surface area contributed by atoms with E-state index in [-0.39, 0.29) is 0 Å². The molecule has 0 bridgehead atoms. The maximum atomic E-state index is 9.81. The molecule has 2 atom stereocenters. The van der Waals surface area contributed by atoms with Gasteiger partial charge in [0.25, 0.3) is 0 Å². The number of phenolic OH excluding ortho intramolecular Hbond substituents is 1. The Morgan fingerprint density at radius 3 is 2.56 bits per heavy atom. The van der Waals surface area contributed by atoms with E-state index in [0.29, 0.717) is 5.75 Å². The van der Waals surface area contributed by atoms with Crippen LogP contribution in [-0.2, 0) is 6.54 Å². The Kier molecular flexibility index (Phi) is 3.20. The first-order valence-electron chi connectivity index (χ1n) is 6.07. The van der Waals surface area contributed by atoms with Crippen molar-refractivity contribution in [1.29, 1.82) is 0 Å². The Morgan fingerprint density at radius 2 is 1.94 bits per heavy atom. The Labute approximate surface area is 97.7 Å². The highest BCUT2D eigenvalue weighted by atomic mass is 16.3. The van der Waals surface area contributed by atoms with Gasteiger partial charge in [-0.3, -0.25) is 0 Å². The summed E-state index contributed by atoms with van der Waals surface area (Å²) < 4.78 is 0. The van der Waals surface area contributed by atoms with E-state index in [1.807, 2.05) is 13.0 Å². The van der Waals surface area contributed by atoms with Gasteiger partial charge in [0.15, 0.2) is 0 Å². The molecule has 1 saturated carbocycles. The van der Waals surface area contributed by atoms with Crippen LogP contribution in [0.5, 0.6) is 5.75 Å². The molecular formula is C14H21NO. The van der Waals surface area contributed by atoms with Crippen LogP contribution in [0.25, 0.3) is 0 Å². The van der Waals surface area contributed by atoms with E-state index in [9.17, 15) is 5.11 Å². The summed E-state index contributed by atoms with van der Waals surface area (Å²) in [5.74, 6) is 2.16. The molecule has 0 aromatic heterocycles. The number of phenols is 1. The average molecular weight is 219 g/mol. The van der Waals surface area contributed by atoms with Crippen LogP contribution in [0.4, 0.5) is 0 Å². The van der Waals surface area contributed by atoms with Crippen molar-refractivity contribution in [3.8, 4) is 5.75 Å². The predicted molar refractivity (Wildman–Crippen MR) is 66.6 cm³/mol. The number of rotatable bonds is 4. The topological polar surface area (TPSA) is 32.3 Å². The van der Waals surface area contributed by atoms with E-state index < -0.39 is 0 Å². The minimum absolute atomic E-state index is 0.416. The van der Waals surface area contributed by atoms with Gasteiger partial charge < -0.3 is 10.4 Å². The van der Waals surface area contributed by atoms with Gasteiger partial charge in [0.2, 0.25) is 0 Å². The maximum Gasteiger partial charge on any atom is 0.120 e. The molecule has 16 heavy (non-hydrogen) atoms. The van der Waals surface area contributed by atoms with E-state index >= 15 is 0 Å². The monoisotopic (exact) mass is 219 g/mol. The SMILES string of the molecule is Cc1cc(O)c(CNCC2CC2C)cc1C. The summed E-state index contributed by atoms with van der Waals surface area (Å²) in [6.07, 6.45) is 1.35. The average Bonchev–Trinajstić information content (AvgIpc) is 2.91. The van der Waals surface area contributed by atoms with Gasteiger partial charge in [-0.1, -0.05) is 13.0 Å². The number of hydrogen-bond acceptors (Lipinski definition) is 2. The molecule has 2 nitrogen and oxygen atoms in total. The van der Waals surface area contributed by atoms with E-state index in [0.717, 1.165) is 36.1 Å². The van der Waals surface area contributed by atoms with Gasteiger partial charge in [-0.25, -0.2) is 0 Å². The predicted octanol–water partition coefficient (Wildman–Crippen LogP) is 2.75. The molecule has 0 saturated heterocycles. The molecule has 1 aromatic rings. The van der Waals surface area contributed by atoms with Crippen LogP contribution in [0, 0.1) is 25.7 Å². The van der Waals surface area contributed by atoms with Crippen molar-refractivity contribution in [2.45, 2.75) is 33.7 Å². The largest absolute Gasteiger partial charge is 0.508 e. The summed E-state index contributed by atoms with van der Waals surface area (Å²) in [5, 5.41) is 13.2. The molecule has 2 N–H and O–H groups in total. The molecule has 1 aromatic carbocycles. The Balaban J connectivity index is 1.90. The van der Waals surface area contributed by atoms with Crippen LogP contribution in [0.2, 0.25) is 0 Å². The van der Waals surface area contributed by atoms with E-state index in [4.69, 9.17) is 0 Å². The first-order chi connectivity index (χ1) is 7.58. The number of benzene rings is 1. The zero-order chi connectivity index (χ0) is 11.7. The molecule has 0 spiro atoms. The van der Waals surface area contributed by atoms with Gasteiger partial charge in [0.1, 0.15) is 5.75 Å². The maximum absolute atomic E-state index is 9.81. The van der Waals surface area contributed by atoms with Gasteiger partial charge in [-0.15, -0.1) is 0 Å². The molecule has 2 heteroatoms. The molecule has 2 unspecified atom stereocenters. The van der Waals surface area contributed by atoms with Gasteiger partial charge in [-0.05, 0) is 55.8 Å². The molecule has 1 aliphatic carbocycles. The van der Waals surface area contributed by atoms with Gasteiger partial charge in [-0.2, -0.15) is 0 Å². The third-order valence-electron chi connectivity index (χ3n) is 3.69. The van der Waals surface area contributed by atoms with E-state index in [1.165, 1.54) is 12.0 Å². The number of aryl methyl sites for hydroxylation is 2. The van der Waals surface area contributed by atoms with Crippen LogP contribution in [-0.4, -0.2) is 11.7 Å². The molecule has 0 heterocycles. The first kappa shape index (κ1) is 11.5. The van der Waals surface area contributed by atoms with Crippen LogP contribution in [0.1, 0.15) is 30.0 Å². The highest BCUT2D eigenvalue weighted by molar-refractivity contribution is 5.40. The van der Waals surface area contributed by atoms with Crippen molar-refractivity contribution in [3.63, 3.8) is 0 Å². The quantitative estimate of drug-likeness (QED) is 0.816. The van der Waals surface area contributed by atoms with Crippen molar-refractivity contribution in [2.24, 2.45) is 11.8 Å². The highest BCUT2D eigenvalue weighted by Crippen LogP contribution is 2.36. The van der Waals surface area contributed by atoms with E-state index in [1.54, 1.807) is 0 Å². The fourth-order valence-corrected chi connectivity index (χ4v) is 2.08. The lowest BCUT2D eigenvalue weighted by molar-refractivity contribution is 0.462. The fourth-order valence-electron chi connectivity index (χ4n) is 2.08. The summed E-state index contributed by atoms with van der Waals surface area (Å²) in [4.78, 5) is 0. The summed E-state index contributed by atoms with van der Waals surface area (Å²) in [6, 6.07) is 3.93. The summed E-state index contributed by atoms with van der Waals surface area (Å²) in [5.41, 5.74) is 3.41. The fraction of sp³-hybridized carbons (Fsp3) is 0.571. The van der Waals surface area contributed by atoms with Gasteiger partial charge in [0, 0.05) is 12.1 Å². The first-order valence-corrected chi connectivity index (χ1v) is 6.07. The zero-order valence-electron chi connectivity index (χ0n) is 10.4. The smallest absolute Gasteiger partial charge is 0.120 e. The number of nitrogens with one attached hydrogen (secondary N) is 1. The second-order valence-electron chi connectivity index (χ2n) is 5.17. The molecular weight excluding hydrogens is 198 g/mol. The minimum Gasteiger partial charge on any atom is -0.508 e. The van der Waals surface area contributed by atoms with Crippen LogP contribution in [0.3, 0.4) is 0 Å². The van der Waals surface area contributed by atoms with E-state index in [2.05, 4.69) is 25.2 Å². The van der Waals surface area contributed by atoms with Crippen LogP contribution >= 0.6 is 0 Å². The summed E-state index contributed by atoms with van der Waals surface area (Å²) >= 11 is 0. The molecule has 1 fully saturated rings. The highest BCUT2D eigenvalue weighted by Gasteiger charge is 2.31. The zero-order valence-corrected chi connectivity index (χ0v) is 10.4. The number of hydrogen-bond donors (Lipinski definition) is 2. The van der Waals surface area contributed by atoms with Gasteiger partial charge >= 0.3 is 0 Å². The molecule has 2 rings (SSSR count). The molecule has 0 aliphatic heterocycles. The Bertz CT molecular complexity index is 387. The molecule has 0 amide bonds. The normalized spacial score (nSPS) is 23.4. The van der Waals surface area contributed by atoms with Crippen molar-refractivity contribution >= 4 is 0 Å². The lowest BCUT2D eigenvalue weighted by atomic mass is 10.1. The van der Waals surface area contributed by atoms with Crippen LogP contribution < -0.4 is 5.32 Å². The third-order valence-corrected chi connectivity index (χ3v) is 3.69. The lowest BCUT2D eigenvalue weighted by Crippen LogP contribution is -2.17. The summed E-state index contributed by atoms with van der Waals surface area (Å²) in [7, 11) is 0. The van der Waals surface area contributed by atoms with Crippen molar-refractivity contribution in [1.82, 2.24) is 5.32 Å². The van der Waals surface area contributed by atoms with Crippen molar-refractivity contribution in [3.05, 3.63) is 28.8 Å². The van der Waals surface area contributed by atoms with Crippen molar-refractivity contribution < 1.29 is 5.11 Å². The minimum atomic E-state index is 0.416. The van der Waals surface area contributed by atoms with Gasteiger partial charge in [0.05, 0.1) is 0 Å². The summed E-state index contributed by atoms with van der Waals surface area (Å²) in [6.45, 7) is 8.25. The number of aromatic hydroxyl groups is 1. The molecule has 88 valence electrons. The second-order valence-corrected chi connectivity index (χ2v) is 5.17. The Hall–Kier alpha value is -1.02. The van der Waals surface area contributed by atoms with Crippen molar-refractivity contribution in [2.75, 3.05) is 6.54 Å². The Morgan fingerprint density at radius 1 is 1.31 bits per heavy atom. The van der Waals surface area contributed by atoms with Crippen LogP contribution in [0.15, 0.2) is 12.1 Å². The second kappa shape index (κ2) is 4.46. The lowest BCUT2D eigenvalue weighted by Gasteiger charge is -2.09. The molecule has 0 radical (unpaired) electrons.